The summed E-state index contributed by atoms with van der Waals surface area (Å²) in [6, 6.07) is 4.93. The smallest absolute Gasteiger partial charge is 0.303 e. The molecule has 1 aliphatic rings. The van der Waals surface area contributed by atoms with Gasteiger partial charge in [0.2, 0.25) is 0 Å². The van der Waals surface area contributed by atoms with E-state index < -0.39 is 5.97 Å². The van der Waals surface area contributed by atoms with Crippen molar-refractivity contribution in [3.63, 3.8) is 0 Å². The van der Waals surface area contributed by atoms with Crippen LogP contribution in [0, 0.1) is 9.49 Å². The Bertz CT molecular complexity index is 524. The van der Waals surface area contributed by atoms with Crippen LogP contribution in [0.15, 0.2) is 18.2 Å². The van der Waals surface area contributed by atoms with Gasteiger partial charge in [0.1, 0.15) is 5.75 Å². The van der Waals surface area contributed by atoms with Crippen molar-refractivity contribution in [2.75, 3.05) is 13.1 Å². The Morgan fingerprint density at radius 1 is 1.30 bits per heavy atom. The molecule has 2 rings (SSSR count). The molecule has 1 aromatic carbocycles. The first kappa shape index (κ1) is 15.1. The number of halogens is 1. The van der Waals surface area contributed by atoms with Crippen LogP contribution in [-0.2, 0) is 4.79 Å². The summed E-state index contributed by atoms with van der Waals surface area (Å²) in [4.78, 5) is 24.7. The minimum Gasteiger partial charge on any atom is -0.507 e. The van der Waals surface area contributed by atoms with Crippen molar-refractivity contribution < 1.29 is 19.8 Å². The molecule has 1 amide bonds. The monoisotopic (exact) mass is 389 g/mol. The lowest BCUT2D eigenvalue weighted by Gasteiger charge is -2.31. The largest absolute Gasteiger partial charge is 0.507 e. The number of carbonyl (C=O) groups is 2. The molecule has 6 heteroatoms. The minimum atomic E-state index is -0.787. The number of rotatable bonds is 3. The third-order valence-electron chi connectivity index (χ3n) is 3.55. The molecule has 0 aromatic heterocycles. The van der Waals surface area contributed by atoms with E-state index in [1.165, 1.54) is 6.07 Å². The standard InChI is InChI=1S/C14H16INO4/c15-10-1-2-12(17)11(8-10)14(20)16-5-3-9(4-6-16)7-13(18)19/h1-2,8-9,17H,3-7H2,(H,18,19). The summed E-state index contributed by atoms with van der Waals surface area (Å²) in [5.74, 6) is -0.844. The van der Waals surface area contributed by atoms with Gasteiger partial charge in [-0.15, -0.1) is 0 Å². The number of hydrogen-bond acceptors (Lipinski definition) is 3. The van der Waals surface area contributed by atoms with Crippen molar-refractivity contribution in [3.8, 4) is 5.75 Å². The van der Waals surface area contributed by atoms with E-state index in [0.29, 0.717) is 31.5 Å². The van der Waals surface area contributed by atoms with Gasteiger partial charge in [-0.05, 0) is 59.5 Å². The number of likely N-dealkylation sites (tertiary alicyclic amines) is 1. The van der Waals surface area contributed by atoms with E-state index in [1.807, 2.05) is 0 Å². The number of aliphatic carboxylic acids is 1. The molecule has 2 N–H and O–H groups in total. The normalized spacial score (nSPS) is 16.1. The van der Waals surface area contributed by atoms with Crippen LogP contribution in [0.2, 0.25) is 0 Å². The summed E-state index contributed by atoms with van der Waals surface area (Å²) in [7, 11) is 0. The summed E-state index contributed by atoms with van der Waals surface area (Å²) < 4.78 is 0.893. The molecular formula is C14H16INO4. The molecule has 1 fully saturated rings. The van der Waals surface area contributed by atoms with Crippen molar-refractivity contribution in [2.45, 2.75) is 19.3 Å². The van der Waals surface area contributed by atoms with E-state index >= 15 is 0 Å². The molecule has 0 spiro atoms. The number of amides is 1. The molecule has 0 saturated carbocycles. The molecule has 20 heavy (non-hydrogen) atoms. The molecule has 1 aliphatic heterocycles. The van der Waals surface area contributed by atoms with Gasteiger partial charge < -0.3 is 15.1 Å². The van der Waals surface area contributed by atoms with E-state index in [9.17, 15) is 14.7 Å². The quantitative estimate of drug-likeness (QED) is 0.778. The molecule has 1 heterocycles. The van der Waals surface area contributed by atoms with Gasteiger partial charge in [0.15, 0.2) is 0 Å². The molecule has 1 aromatic rings. The number of benzene rings is 1. The van der Waals surface area contributed by atoms with Crippen LogP contribution in [0.25, 0.3) is 0 Å². The van der Waals surface area contributed by atoms with E-state index in [4.69, 9.17) is 5.11 Å². The third-order valence-corrected chi connectivity index (χ3v) is 4.23. The average molecular weight is 389 g/mol. The van der Waals surface area contributed by atoms with Crippen LogP contribution >= 0.6 is 22.6 Å². The zero-order valence-electron chi connectivity index (χ0n) is 10.9. The van der Waals surface area contributed by atoms with Crippen LogP contribution in [0.4, 0.5) is 0 Å². The number of hydrogen-bond donors (Lipinski definition) is 2. The third kappa shape index (κ3) is 3.62. The lowest BCUT2D eigenvalue weighted by Crippen LogP contribution is -2.39. The maximum atomic E-state index is 12.3. The van der Waals surface area contributed by atoms with Crippen molar-refractivity contribution in [3.05, 3.63) is 27.3 Å². The maximum absolute atomic E-state index is 12.3. The van der Waals surface area contributed by atoms with Gasteiger partial charge in [0.25, 0.3) is 5.91 Å². The lowest BCUT2D eigenvalue weighted by molar-refractivity contribution is -0.138. The predicted octanol–water partition coefficient (Wildman–Crippen LogP) is 2.32. The molecule has 5 nitrogen and oxygen atoms in total. The molecule has 0 radical (unpaired) electrons. The summed E-state index contributed by atoms with van der Waals surface area (Å²) in [5, 5.41) is 18.5. The Morgan fingerprint density at radius 3 is 2.55 bits per heavy atom. The van der Waals surface area contributed by atoms with Gasteiger partial charge in [-0.2, -0.15) is 0 Å². The van der Waals surface area contributed by atoms with Gasteiger partial charge in [-0.1, -0.05) is 0 Å². The SMILES string of the molecule is O=C(O)CC1CCN(C(=O)c2cc(I)ccc2O)CC1. The first-order valence-corrected chi connectivity index (χ1v) is 7.55. The summed E-state index contributed by atoms with van der Waals surface area (Å²) in [6.07, 6.45) is 1.56. The van der Waals surface area contributed by atoms with Crippen molar-refractivity contribution in [1.29, 1.82) is 0 Å². The van der Waals surface area contributed by atoms with Gasteiger partial charge >= 0.3 is 5.97 Å². The van der Waals surface area contributed by atoms with Crippen LogP contribution in [0.5, 0.6) is 5.75 Å². The summed E-state index contributed by atoms with van der Waals surface area (Å²) >= 11 is 2.10. The molecular weight excluding hydrogens is 373 g/mol. The second-order valence-corrected chi connectivity index (χ2v) is 6.24. The van der Waals surface area contributed by atoms with E-state index in [-0.39, 0.29) is 24.0 Å². The van der Waals surface area contributed by atoms with Gasteiger partial charge in [0, 0.05) is 23.1 Å². The highest BCUT2D eigenvalue weighted by atomic mass is 127. The zero-order chi connectivity index (χ0) is 14.7. The minimum absolute atomic E-state index is 0.0110. The Kier molecular flexibility index (Phi) is 4.85. The Balaban J connectivity index is 2.01. The first-order valence-electron chi connectivity index (χ1n) is 6.47. The number of carboxylic acids is 1. The maximum Gasteiger partial charge on any atom is 0.303 e. The van der Waals surface area contributed by atoms with Gasteiger partial charge in [0.05, 0.1) is 5.56 Å². The van der Waals surface area contributed by atoms with Crippen LogP contribution in [-0.4, -0.2) is 40.1 Å². The highest BCUT2D eigenvalue weighted by Crippen LogP contribution is 2.25. The number of aromatic hydroxyl groups is 1. The van der Waals surface area contributed by atoms with Crippen molar-refractivity contribution in [1.82, 2.24) is 4.90 Å². The summed E-state index contributed by atoms with van der Waals surface area (Å²) in [5.41, 5.74) is 0.314. The molecule has 0 bridgehead atoms. The van der Waals surface area contributed by atoms with E-state index in [0.717, 1.165) is 3.57 Å². The van der Waals surface area contributed by atoms with Gasteiger partial charge in [-0.25, -0.2) is 0 Å². The lowest BCUT2D eigenvalue weighted by atomic mass is 9.93. The Labute approximate surface area is 130 Å². The van der Waals surface area contributed by atoms with Crippen LogP contribution in [0.3, 0.4) is 0 Å². The Morgan fingerprint density at radius 2 is 1.95 bits per heavy atom. The van der Waals surface area contributed by atoms with E-state index in [1.54, 1.807) is 17.0 Å². The number of carbonyl (C=O) groups excluding carboxylic acids is 1. The predicted molar refractivity (Wildman–Crippen MR) is 81.7 cm³/mol. The molecule has 1 saturated heterocycles. The molecule has 0 atom stereocenters. The van der Waals surface area contributed by atoms with Crippen LogP contribution in [0.1, 0.15) is 29.6 Å². The van der Waals surface area contributed by atoms with Crippen LogP contribution < -0.4 is 0 Å². The highest BCUT2D eigenvalue weighted by Gasteiger charge is 2.26. The van der Waals surface area contributed by atoms with E-state index in [2.05, 4.69) is 22.6 Å². The first-order chi connectivity index (χ1) is 9.47. The highest BCUT2D eigenvalue weighted by molar-refractivity contribution is 14.1. The average Bonchev–Trinajstić information content (AvgIpc) is 2.41. The fraction of sp³-hybridized carbons (Fsp3) is 0.429. The fourth-order valence-electron chi connectivity index (χ4n) is 2.44. The number of phenolic OH excluding ortho intramolecular Hbond substituents is 1. The number of piperidine rings is 1. The second-order valence-electron chi connectivity index (χ2n) is 4.99. The number of nitrogens with zero attached hydrogens (tertiary/aromatic N) is 1. The summed E-state index contributed by atoms with van der Waals surface area (Å²) in [6.45, 7) is 1.09. The molecule has 0 unspecified atom stereocenters. The van der Waals surface area contributed by atoms with Crippen molar-refractivity contribution >= 4 is 34.5 Å². The number of phenols is 1. The Hall–Kier alpha value is -1.31. The van der Waals surface area contributed by atoms with Gasteiger partial charge in [-0.3, -0.25) is 9.59 Å². The second kappa shape index (κ2) is 6.43. The molecule has 0 aliphatic carbocycles. The molecule has 108 valence electrons. The number of carboxylic acid groups (broad SMARTS) is 1. The van der Waals surface area contributed by atoms with Crippen molar-refractivity contribution in [2.24, 2.45) is 5.92 Å². The topological polar surface area (TPSA) is 77.8 Å². The zero-order valence-corrected chi connectivity index (χ0v) is 13.0. The fourth-order valence-corrected chi connectivity index (χ4v) is 2.93.